The Bertz CT molecular complexity index is 1690. The molecule has 0 saturated carbocycles. The number of rotatable bonds is 6. The Balaban J connectivity index is 1.13. The van der Waals surface area contributed by atoms with Gasteiger partial charge in [0.2, 0.25) is 0 Å². The highest BCUT2D eigenvalue weighted by atomic mass is 32.1. The van der Waals surface area contributed by atoms with Crippen LogP contribution in [0, 0.1) is 5.82 Å². The van der Waals surface area contributed by atoms with E-state index < -0.39 is 0 Å². The second-order valence-electron chi connectivity index (χ2n) is 9.68. The minimum atomic E-state index is -0.367. The van der Waals surface area contributed by atoms with E-state index in [0.29, 0.717) is 22.8 Å². The highest BCUT2D eigenvalue weighted by Gasteiger charge is 2.26. The van der Waals surface area contributed by atoms with Crippen LogP contribution < -0.4 is 10.2 Å². The average molecular weight is 548 g/mol. The van der Waals surface area contributed by atoms with Gasteiger partial charge >= 0.3 is 0 Å². The number of carbonyl (C=O) groups is 2. The first kappa shape index (κ1) is 25.6. The Kier molecular flexibility index (Phi) is 6.97. The molecule has 1 N–H and O–H groups in total. The summed E-state index contributed by atoms with van der Waals surface area (Å²) >= 11 is 1.37. The van der Waals surface area contributed by atoms with Crippen LogP contribution in [-0.2, 0) is 12.8 Å². The lowest BCUT2D eigenvalue weighted by Gasteiger charge is -2.17. The molecule has 0 unspecified atom stereocenters. The molecule has 1 aromatic heterocycles. The van der Waals surface area contributed by atoms with E-state index in [1.54, 1.807) is 4.90 Å². The van der Waals surface area contributed by atoms with Crippen molar-refractivity contribution in [2.24, 2.45) is 0 Å². The Morgan fingerprint density at radius 3 is 2.23 bits per heavy atom. The smallest absolute Gasteiger partial charge is 0.258 e. The predicted octanol–water partition coefficient (Wildman–Crippen LogP) is 7.63. The summed E-state index contributed by atoms with van der Waals surface area (Å²) in [5.74, 6) is -0.724. The molecule has 2 heterocycles. The van der Waals surface area contributed by atoms with Crippen LogP contribution in [0.4, 0.5) is 15.2 Å². The SMILES string of the molecule is CCc1ccc(-c2ccc(C(=O)Nc3nc(-c4ccc5c(c4)CCN5C(=O)c4ccc(F)cc4)cs3)cc2)cc1. The average Bonchev–Trinajstić information content (AvgIpc) is 3.64. The van der Waals surface area contributed by atoms with Crippen molar-refractivity contribution in [3.63, 3.8) is 0 Å². The van der Waals surface area contributed by atoms with Gasteiger partial charge in [0.05, 0.1) is 5.69 Å². The molecule has 0 bridgehead atoms. The first-order valence-corrected chi connectivity index (χ1v) is 14.0. The van der Waals surface area contributed by atoms with Crippen molar-refractivity contribution in [2.45, 2.75) is 19.8 Å². The zero-order valence-corrected chi connectivity index (χ0v) is 22.7. The van der Waals surface area contributed by atoms with Crippen molar-refractivity contribution in [1.82, 2.24) is 4.98 Å². The van der Waals surface area contributed by atoms with Gasteiger partial charge < -0.3 is 4.90 Å². The molecule has 0 atom stereocenters. The van der Waals surface area contributed by atoms with E-state index in [2.05, 4.69) is 41.5 Å². The number of carbonyl (C=O) groups excluding carboxylic acids is 2. The molecule has 40 heavy (non-hydrogen) atoms. The predicted molar refractivity (Wildman–Crippen MR) is 159 cm³/mol. The topological polar surface area (TPSA) is 62.3 Å². The number of hydrogen-bond donors (Lipinski definition) is 1. The molecule has 0 spiro atoms. The molecular formula is C33H26FN3O2S. The molecule has 0 aliphatic carbocycles. The summed E-state index contributed by atoms with van der Waals surface area (Å²) in [4.78, 5) is 32.2. The molecule has 6 rings (SSSR count). The van der Waals surface area contributed by atoms with Gasteiger partial charge in [-0.25, -0.2) is 9.37 Å². The van der Waals surface area contributed by atoms with E-state index in [-0.39, 0.29) is 17.6 Å². The summed E-state index contributed by atoms with van der Waals surface area (Å²) in [5, 5.41) is 5.34. The van der Waals surface area contributed by atoms with Gasteiger partial charge in [-0.3, -0.25) is 14.9 Å². The van der Waals surface area contributed by atoms with Gasteiger partial charge in [0.25, 0.3) is 11.8 Å². The molecule has 1 aliphatic heterocycles. The van der Waals surface area contributed by atoms with Crippen molar-refractivity contribution in [2.75, 3.05) is 16.8 Å². The fraction of sp³-hybridized carbons (Fsp3) is 0.121. The van der Waals surface area contributed by atoms with Crippen LogP contribution in [0.15, 0.2) is 96.4 Å². The molecule has 5 aromatic rings. The Labute approximate surface area is 236 Å². The van der Waals surface area contributed by atoms with E-state index >= 15 is 0 Å². The number of fused-ring (bicyclic) bond motifs is 1. The van der Waals surface area contributed by atoms with E-state index in [1.165, 1.54) is 41.2 Å². The molecule has 4 aromatic carbocycles. The van der Waals surface area contributed by atoms with Gasteiger partial charge in [0, 0.05) is 34.3 Å². The molecule has 7 heteroatoms. The number of hydrogen-bond acceptors (Lipinski definition) is 4. The van der Waals surface area contributed by atoms with Crippen molar-refractivity contribution < 1.29 is 14.0 Å². The maximum absolute atomic E-state index is 13.3. The molecule has 0 saturated heterocycles. The Morgan fingerprint density at radius 1 is 0.875 bits per heavy atom. The van der Waals surface area contributed by atoms with Crippen LogP contribution in [0.1, 0.15) is 38.8 Å². The minimum Gasteiger partial charge on any atom is -0.308 e. The number of thiazole rings is 1. The Hall–Kier alpha value is -4.62. The van der Waals surface area contributed by atoms with Gasteiger partial charge in [-0.15, -0.1) is 11.3 Å². The number of anilines is 2. The maximum atomic E-state index is 13.3. The number of benzene rings is 4. The standard InChI is InChI=1S/C33H26FN3O2S/c1-2-21-3-5-22(6-4-21)23-7-9-24(10-8-23)31(38)36-33-35-29(20-40-33)26-13-16-30-27(19-26)17-18-37(30)32(39)25-11-14-28(34)15-12-25/h3-16,19-20H,2,17-18H2,1H3,(H,35,36,38). The van der Waals surface area contributed by atoms with Crippen molar-refractivity contribution in [1.29, 1.82) is 0 Å². The third-order valence-corrected chi connectivity index (χ3v) is 7.93. The third-order valence-electron chi connectivity index (χ3n) is 7.17. The first-order valence-electron chi connectivity index (χ1n) is 13.2. The second kappa shape index (κ2) is 10.9. The number of nitrogens with one attached hydrogen (secondary N) is 1. The van der Waals surface area contributed by atoms with E-state index in [0.717, 1.165) is 46.5 Å². The van der Waals surface area contributed by atoms with Crippen molar-refractivity contribution >= 4 is 34.0 Å². The third kappa shape index (κ3) is 5.16. The summed E-state index contributed by atoms with van der Waals surface area (Å²) < 4.78 is 13.3. The molecular weight excluding hydrogens is 521 g/mol. The zero-order chi connectivity index (χ0) is 27.6. The van der Waals surface area contributed by atoms with E-state index in [9.17, 15) is 14.0 Å². The number of aryl methyl sites for hydroxylation is 1. The first-order chi connectivity index (χ1) is 19.5. The van der Waals surface area contributed by atoms with E-state index in [1.807, 2.05) is 47.8 Å². The molecule has 2 amide bonds. The van der Waals surface area contributed by atoms with Gasteiger partial charge in [-0.2, -0.15) is 0 Å². The summed E-state index contributed by atoms with van der Waals surface area (Å²) in [6.07, 6.45) is 1.73. The second-order valence-corrected chi connectivity index (χ2v) is 10.5. The fourth-order valence-corrected chi connectivity index (χ4v) is 5.62. The highest BCUT2D eigenvalue weighted by Crippen LogP contribution is 2.34. The summed E-state index contributed by atoms with van der Waals surface area (Å²) in [6, 6.07) is 27.5. The van der Waals surface area contributed by atoms with Crippen LogP contribution in [-0.4, -0.2) is 23.3 Å². The summed E-state index contributed by atoms with van der Waals surface area (Å²) in [6.45, 7) is 2.70. The number of aromatic nitrogens is 1. The minimum absolute atomic E-state index is 0.146. The van der Waals surface area contributed by atoms with Gasteiger partial charge in [0.1, 0.15) is 5.82 Å². The Morgan fingerprint density at radius 2 is 1.52 bits per heavy atom. The lowest BCUT2D eigenvalue weighted by molar-refractivity contribution is 0.0987. The molecule has 0 radical (unpaired) electrons. The highest BCUT2D eigenvalue weighted by molar-refractivity contribution is 7.14. The molecule has 198 valence electrons. The quantitative estimate of drug-likeness (QED) is 0.238. The van der Waals surface area contributed by atoms with Crippen LogP contribution >= 0.6 is 11.3 Å². The molecule has 0 fully saturated rings. The lowest BCUT2D eigenvalue weighted by Crippen LogP contribution is -2.28. The van der Waals surface area contributed by atoms with Gasteiger partial charge in [0.15, 0.2) is 5.13 Å². The summed E-state index contributed by atoms with van der Waals surface area (Å²) in [5.41, 5.74) is 8.08. The lowest BCUT2D eigenvalue weighted by atomic mass is 10.0. The summed E-state index contributed by atoms with van der Waals surface area (Å²) in [7, 11) is 0. The van der Waals surface area contributed by atoms with E-state index in [4.69, 9.17) is 0 Å². The number of halogens is 1. The monoisotopic (exact) mass is 547 g/mol. The van der Waals surface area contributed by atoms with Crippen molar-refractivity contribution in [3.05, 3.63) is 124 Å². The van der Waals surface area contributed by atoms with Crippen LogP contribution in [0.2, 0.25) is 0 Å². The molecule has 1 aliphatic rings. The zero-order valence-electron chi connectivity index (χ0n) is 21.9. The van der Waals surface area contributed by atoms with Crippen LogP contribution in [0.25, 0.3) is 22.4 Å². The fourth-order valence-electron chi connectivity index (χ4n) is 4.90. The molecule has 5 nitrogen and oxygen atoms in total. The maximum Gasteiger partial charge on any atom is 0.258 e. The van der Waals surface area contributed by atoms with Gasteiger partial charge in [-0.05, 0) is 83.6 Å². The van der Waals surface area contributed by atoms with Crippen LogP contribution in [0.5, 0.6) is 0 Å². The number of amides is 2. The van der Waals surface area contributed by atoms with Crippen molar-refractivity contribution in [3.8, 4) is 22.4 Å². The normalized spacial score (nSPS) is 12.3. The van der Waals surface area contributed by atoms with Crippen LogP contribution in [0.3, 0.4) is 0 Å². The number of nitrogens with zero attached hydrogens (tertiary/aromatic N) is 2. The van der Waals surface area contributed by atoms with Gasteiger partial charge in [-0.1, -0.05) is 49.4 Å². The largest absolute Gasteiger partial charge is 0.308 e.